The molecule has 2 aliphatic rings. The monoisotopic (exact) mass is 487 g/mol. The van der Waals surface area contributed by atoms with Crippen LogP contribution in [0.1, 0.15) is 37.7 Å². The molecule has 152 valence electrons. The van der Waals surface area contributed by atoms with E-state index in [9.17, 15) is 0 Å². The minimum Gasteiger partial charge on any atom is -0.376 e. The normalized spacial score (nSPS) is 21.6. The number of rotatable bonds is 6. The molecule has 6 heteroatoms. The average molecular weight is 487 g/mol. The van der Waals surface area contributed by atoms with Gasteiger partial charge in [0.25, 0.3) is 0 Å². The van der Waals surface area contributed by atoms with Crippen LogP contribution in [0.5, 0.6) is 0 Å². The Morgan fingerprint density at radius 1 is 1.19 bits per heavy atom. The molecule has 0 amide bonds. The lowest BCUT2D eigenvalue weighted by atomic mass is 10.1. The molecule has 1 atom stereocenters. The Hall–Kier alpha value is -0.860. The maximum absolute atomic E-state index is 6.11. The predicted octanol–water partition coefficient (Wildman–Crippen LogP) is 3.47. The van der Waals surface area contributed by atoms with Gasteiger partial charge in [0.2, 0.25) is 0 Å². The second-order valence-corrected chi connectivity index (χ2v) is 7.22. The minimum absolute atomic E-state index is 0. The van der Waals surface area contributed by atoms with Gasteiger partial charge >= 0.3 is 0 Å². The minimum atomic E-state index is 0. The fourth-order valence-corrected chi connectivity index (χ4v) is 3.71. The lowest BCUT2D eigenvalue weighted by Crippen LogP contribution is -2.47. The van der Waals surface area contributed by atoms with E-state index in [4.69, 9.17) is 9.47 Å². The van der Waals surface area contributed by atoms with Gasteiger partial charge in [-0.15, -0.1) is 24.0 Å². The molecule has 0 radical (unpaired) electrons. The molecule has 1 aromatic rings. The zero-order valence-corrected chi connectivity index (χ0v) is 18.8. The van der Waals surface area contributed by atoms with Crippen molar-refractivity contribution in [2.75, 3.05) is 39.9 Å². The smallest absolute Gasteiger partial charge is 0.193 e. The molecule has 1 aromatic carbocycles. The van der Waals surface area contributed by atoms with Gasteiger partial charge in [-0.1, -0.05) is 30.3 Å². The molecular weight excluding hydrogens is 453 g/mol. The largest absolute Gasteiger partial charge is 0.376 e. The highest BCUT2D eigenvalue weighted by Crippen LogP contribution is 2.18. The van der Waals surface area contributed by atoms with Gasteiger partial charge in [0.1, 0.15) is 0 Å². The Kier molecular flexibility index (Phi) is 10.4. The van der Waals surface area contributed by atoms with Crippen LogP contribution in [-0.2, 0) is 15.9 Å². The van der Waals surface area contributed by atoms with Gasteiger partial charge < -0.3 is 19.7 Å². The van der Waals surface area contributed by atoms with Crippen molar-refractivity contribution in [2.45, 2.75) is 50.7 Å². The number of nitrogens with one attached hydrogen (secondary N) is 1. The summed E-state index contributed by atoms with van der Waals surface area (Å²) in [5.74, 6) is 1.01. The van der Waals surface area contributed by atoms with E-state index in [1.165, 1.54) is 18.4 Å². The third-order valence-corrected chi connectivity index (χ3v) is 5.28. The standard InChI is InChI=1S/C21H33N3O2.HI/c1-22-21(23-13-10-18-7-3-2-4-8-18)24-14-11-19(12-15-24)26-17-20-9-5-6-16-25-20;/h2-4,7-8,19-20H,5-6,9-17H2,1H3,(H,22,23);1H. The zero-order valence-electron chi connectivity index (χ0n) is 16.4. The second-order valence-electron chi connectivity index (χ2n) is 7.22. The Bertz CT molecular complexity index is 542. The summed E-state index contributed by atoms with van der Waals surface area (Å²) in [6.45, 7) is 4.57. The van der Waals surface area contributed by atoms with Crippen LogP contribution < -0.4 is 5.32 Å². The van der Waals surface area contributed by atoms with Crippen molar-refractivity contribution in [2.24, 2.45) is 4.99 Å². The van der Waals surface area contributed by atoms with Gasteiger partial charge in [0.15, 0.2) is 5.96 Å². The summed E-state index contributed by atoms with van der Waals surface area (Å²) in [6, 6.07) is 10.6. The van der Waals surface area contributed by atoms with E-state index in [1.807, 2.05) is 7.05 Å². The first kappa shape index (κ1) is 22.4. The molecular formula is C21H34IN3O2. The van der Waals surface area contributed by atoms with Crippen molar-refractivity contribution in [3.8, 4) is 0 Å². The Morgan fingerprint density at radius 3 is 2.63 bits per heavy atom. The molecule has 0 aromatic heterocycles. The summed E-state index contributed by atoms with van der Waals surface area (Å²) in [6.07, 6.45) is 7.44. The number of likely N-dealkylation sites (tertiary alicyclic amines) is 1. The number of guanidine groups is 1. The number of hydrogen-bond donors (Lipinski definition) is 1. The van der Waals surface area contributed by atoms with Gasteiger partial charge in [0.05, 0.1) is 18.8 Å². The molecule has 2 aliphatic heterocycles. The quantitative estimate of drug-likeness (QED) is 0.379. The number of halogens is 1. The molecule has 5 nitrogen and oxygen atoms in total. The van der Waals surface area contributed by atoms with Crippen LogP contribution >= 0.6 is 24.0 Å². The number of nitrogens with zero attached hydrogens (tertiary/aromatic N) is 2. The molecule has 2 saturated heterocycles. The highest BCUT2D eigenvalue weighted by Gasteiger charge is 2.23. The number of ether oxygens (including phenoxy) is 2. The highest BCUT2D eigenvalue weighted by atomic mass is 127. The predicted molar refractivity (Wildman–Crippen MR) is 121 cm³/mol. The Labute approximate surface area is 180 Å². The third kappa shape index (κ3) is 7.58. The maximum Gasteiger partial charge on any atom is 0.193 e. The maximum atomic E-state index is 6.11. The van der Waals surface area contributed by atoms with Gasteiger partial charge in [-0.3, -0.25) is 4.99 Å². The van der Waals surface area contributed by atoms with Crippen LogP contribution in [0.25, 0.3) is 0 Å². The van der Waals surface area contributed by atoms with Gasteiger partial charge in [-0.05, 0) is 44.1 Å². The van der Waals surface area contributed by atoms with Crippen LogP contribution in [0.4, 0.5) is 0 Å². The highest BCUT2D eigenvalue weighted by molar-refractivity contribution is 14.0. The Morgan fingerprint density at radius 2 is 1.96 bits per heavy atom. The fraction of sp³-hybridized carbons (Fsp3) is 0.667. The molecule has 0 aliphatic carbocycles. The number of benzene rings is 1. The molecule has 1 N–H and O–H groups in total. The van der Waals surface area contributed by atoms with Crippen molar-refractivity contribution in [1.29, 1.82) is 0 Å². The van der Waals surface area contributed by atoms with E-state index in [0.717, 1.165) is 64.5 Å². The SMILES string of the molecule is CN=C(NCCc1ccccc1)N1CCC(OCC2CCCCO2)CC1.I. The van der Waals surface area contributed by atoms with Crippen molar-refractivity contribution >= 4 is 29.9 Å². The lowest BCUT2D eigenvalue weighted by molar-refractivity contribution is -0.0721. The second kappa shape index (κ2) is 12.6. The number of hydrogen-bond acceptors (Lipinski definition) is 3. The Balaban J connectivity index is 0.00000261. The van der Waals surface area contributed by atoms with Crippen LogP contribution in [0, 0.1) is 0 Å². The van der Waals surface area contributed by atoms with E-state index in [-0.39, 0.29) is 24.0 Å². The van der Waals surface area contributed by atoms with Gasteiger partial charge in [-0.25, -0.2) is 0 Å². The summed E-state index contributed by atoms with van der Waals surface area (Å²) >= 11 is 0. The third-order valence-electron chi connectivity index (χ3n) is 5.28. The van der Waals surface area contributed by atoms with E-state index in [2.05, 4.69) is 45.5 Å². The van der Waals surface area contributed by atoms with Crippen molar-refractivity contribution in [1.82, 2.24) is 10.2 Å². The first-order chi connectivity index (χ1) is 12.8. The van der Waals surface area contributed by atoms with E-state index >= 15 is 0 Å². The van der Waals surface area contributed by atoms with E-state index in [0.29, 0.717) is 12.2 Å². The summed E-state index contributed by atoms with van der Waals surface area (Å²) in [4.78, 5) is 6.81. The fourth-order valence-electron chi connectivity index (χ4n) is 3.71. The zero-order chi connectivity index (χ0) is 18.0. The molecule has 1 unspecified atom stereocenters. The van der Waals surface area contributed by atoms with Gasteiger partial charge in [-0.2, -0.15) is 0 Å². The number of piperidine rings is 1. The number of aliphatic imine (C=N–C) groups is 1. The molecule has 3 rings (SSSR count). The molecule has 0 bridgehead atoms. The molecule has 2 heterocycles. The first-order valence-electron chi connectivity index (χ1n) is 10.1. The van der Waals surface area contributed by atoms with Crippen LogP contribution in [-0.4, -0.2) is 63.0 Å². The topological polar surface area (TPSA) is 46.1 Å². The summed E-state index contributed by atoms with van der Waals surface area (Å²) in [7, 11) is 1.87. The molecule has 0 spiro atoms. The van der Waals surface area contributed by atoms with Crippen LogP contribution in [0.15, 0.2) is 35.3 Å². The van der Waals surface area contributed by atoms with E-state index < -0.39 is 0 Å². The summed E-state index contributed by atoms with van der Waals surface area (Å²) < 4.78 is 11.9. The van der Waals surface area contributed by atoms with Gasteiger partial charge in [0, 0.05) is 33.3 Å². The summed E-state index contributed by atoms with van der Waals surface area (Å²) in [5, 5.41) is 3.50. The van der Waals surface area contributed by atoms with Crippen LogP contribution in [0.3, 0.4) is 0 Å². The first-order valence-corrected chi connectivity index (χ1v) is 10.1. The summed E-state index contributed by atoms with van der Waals surface area (Å²) in [5.41, 5.74) is 1.35. The average Bonchev–Trinajstić information content (AvgIpc) is 2.72. The van der Waals surface area contributed by atoms with Crippen molar-refractivity contribution < 1.29 is 9.47 Å². The molecule has 2 fully saturated rings. The molecule has 27 heavy (non-hydrogen) atoms. The van der Waals surface area contributed by atoms with Crippen molar-refractivity contribution in [3.05, 3.63) is 35.9 Å². The lowest BCUT2D eigenvalue weighted by Gasteiger charge is -2.35. The van der Waals surface area contributed by atoms with Crippen molar-refractivity contribution in [3.63, 3.8) is 0 Å². The van der Waals surface area contributed by atoms with E-state index in [1.54, 1.807) is 0 Å². The molecule has 0 saturated carbocycles. The van der Waals surface area contributed by atoms with Crippen LogP contribution in [0.2, 0.25) is 0 Å².